The molecule has 2 atom stereocenters. The summed E-state index contributed by atoms with van der Waals surface area (Å²) < 4.78 is 2.40. The van der Waals surface area contributed by atoms with E-state index >= 15 is 0 Å². The third kappa shape index (κ3) is 1.77. The molecule has 1 aromatic rings. The van der Waals surface area contributed by atoms with Crippen LogP contribution in [-0.2, 0) is 6.54 Å². The summed E-state index contributed by atoms with van der Waals surface area (Å²) in [6.07, 6.45) is 8.33. The van der Waals surface area contributed by atoms with Crippen LogP contribution >= 0.6 is 0 Å². The summed E-state index contributed by atoms with van der Waals surface area (Å²) in [5.74, 6) is 2.48. The lowest BCUT2D eigenvalue weighted by molar-refractivity contribution is 0.345. The molecule has 2 aliphatic rings. The van der Waals surface area contributed by atoms with E-state index in [1.807, 2.05) is 6.33 Å². The van der Waals surface area contributed by atoms with Crippen LogP contribution in [0.25, 0.3) is 0 Å². The van der Waals surface area contributed by atoms with Crippen LogP contribution in [0.1, 0.15) is 37.8 Å². The summed E-state index contributed by atoms with van der Waals surface area (Å²) in [5, 5.41) is 3.34. The van der Waals surface area contributed by atoms with E-state index in [-0.39, 0.29) is 0 Å². The second-order valence-electron chi connectivity index (χ2n) is 5.49. The maximum atomic E-state index is 4.33. The molecule has 3 nitrogen and oxygen atoms in total. The predicted molar refractivity (Wildman–Crippen MR) is 64.3 cm³/mol. The first kappa shape index (κ1) is 10.3. The minimum absolute atomic E-state index is 0.708. The van der Waals surface area contributed by atoms with Crippen LogP contribution in [0.2, 0.25) is 0 Å². The zero-order valence-corrected chi connectivity index (χ0v) is 10.0. The van der Waals surface area contributed by atoms with E-state index in [1.165, 1.54) is 31.5 Å². The lowest BCUT2D eigenvalue weighted by Gasteiger charge is -2.29. The fraction of sp³-hybridized carbons (Fsp3) is 0.769. The molecule has 1 aromatic heterocycles. The van der Waals surface area contributed by atoms with Gasteiger partial charge in [0, 0.05) is 37.4 Å². The standard InChI is InChI=1S/C13H21N3/c1-10-3-2-4-11(10)8-16-9-15-7-13(16)12-5-14-6-12/h7,9-12,14H,2-6,8H2,1H3. The van der Waals surface area contributed by atoms with Gasteiger partial charge >= 0.3 is 0 Å². The minimum Gasteiger partial charge on any atom is -0.334 e. The number of aromatic nitrogens is 2. The highest BCUT2D eigenvalue weighted by molar-refractivity contribution is 5.11. The molecule has 0 amide bonds. The fourth-order valence-electron chi connectivity index (χ4n) is 3.07. The number of hydrogen-bond acceptors (Lipinski definition) is 2. The number of rotatable bonds is 3. The molecule has 1 saturated heterocycles. The first-order chi connectivity index (χ1) is 7.84. The van der Waals surface area contributed by atoms with Crippen molar-refractivity contribution in [2.75, 3.05) is 13.1 Å². The molecule has 0 spiro atoms. The monoisotopic (exact) mass is 219 g/mol. The van der Waals surface area contributed by atoms with E-state index in [0.29, 0.717) is 5.92 Å². The van der Waals surface area contributed by atoms with Gasteiger partial charge in [-0.1, -0.05) is 19.8 Å². The fourth-order valence-corrected chi connectivity index (χ4v) is 3.07. The molecule has 1 saturated carbocycles. The Hall–Kier alpha value is -0.830. The highest BCUT2D eigenvalue weighted by Crippen LogP contribution is 2.33. The predicted octanol–water partition coefficient (Wildman–Crippen LogP) is 2.01. The second-order valence-corrected chi connectivity index (χ2v) is 5.49. The van der Waals surface area contributed by atoms with Gasteiger partial charge < -0.3 is 9.88 Å². The van der Waals surface area contributed by atoms with Gasteiger partial charge in [0.25, 0.3) is 0 Å². The first-order valence-electron chi connectivity index (χ1n) is 6.55. The van der Waals surface area contributed by atoms with Gasteiger partial charge in [-0.2, -0.15) is 0 Å². The molecule has 0 aromatic carbocycles. The maximum Gasteiger partial charge on any atom is 0.0948 e. The van der Waals surface area contributed by atoms with Crippen LogP contribution in [-0.4, -0.2) is 22.6 Å². The van der Waals surface area contributed by atoms with Crippen molar-refractivity contribution in [2.24, 2.45) is 11.8 Å². The van der Waals surface area contributed by atoms with Crippen LogP contribution in [0.4, 0.5) is 0 Å². The van der Waals surface area contributed by atoms with Crippen molar-refractivity contribution in [2.45, 2.75) is 38.6 Å². The van der Waals surface area contributed by atoms with Crippen molar-refractivity contribution in [3.05, 3.63) is 18.2 Å². The molecule has 2 unspecified atom stereocenters. The maximum absolute atomic E-state index is 4.33. The molecule has 0 radical (unpaired) electrons. The summed E-state index contributed by atoms with van der Waals surface area (Å²) in [6.45, 7) is 5.85. The zero-order chi connectivity index (χ0) is 11.0. The Balaban J connectivity index is 1.71. The summed E-state index contributed by atoms with van der Waals surface area (Å²) in [4.78, 5) is 4.33. The Morgan fingerprint density at radius 2 is 2.31 bits per heavy atom. The summed E-state index contributed by atoms with van der Waals surface area (Å²) >= 11 is 0. The largest absolute Gasteiger partial charge is 0.334 e. The Morgan fingerprint density at radius 3 is 2.94 bits per heavy atom. The minimum atomic E-state index is 0.708. The molecule has 1 N–H and O–H groups in total. The number of hydrogen-bond donors (Lipinski definition) is 1. The van der Waals surface area contributed by atoms with E-state index in [0.717, 1.165) is 24.9 Å². The van der Waals surface area contributed by atoms with Crippen molar-refractivity contribution in [1.29, 1.82) is 0 Å². The second kappa shape index (κ2) is 4.21. The first-order valence-corrected chi connectivity index (χ1v) is 6.55. The zero-order valence-electron chi connectivity index (χ0n) is 10.0. The van der Waals surface area contributed by atoms with E-state index in [4.69, 9.17) is 0 Å². The van der Waals surface area contributed by atoms with Gasteiger partial charge in [0.2, 0.25) is 0 Å². The SMILES string of the molecule is CC1CCCC1Cn1cncc1C1CNC1. The average Bonchev–Trinajstić information content (AvgIpc) is 2.76. The van der Waals surface area contributed by atoms with Crippen molar-refractivity contribution < 1.29 is 0 Å². The van der Waals surface area contributed by atoms with Crippen LogP contribution in [0.3, 0.4) is 0 Å². The van der Waals surface area contributed by atoms with E-state index < -0.39 is 0 Å². The smallest absolute Gasteiger partial charge is 0.0948 e. The van der Waals surface area contributed by atoms with Gasteiger partial charge in [-0.15, -0.1) is 0 Å². The summed E-state index contributed by atoms with van der Waals surface area (Å²) in [5.41, 5.74) is 1.44. The number of nitrogens with one attached hydrogen (secondary N) is 1. The highest BCUT2D eigenvalue weighted by atomic mass is 15.1. The van der Waals surface area contributed by atoms with Gasteiger partial charge in [0.1, 0.15) is 0 Å². The number of nitrogens with zero attached hydrogens (tertiary/aromatic N) is 2. The average molecular weight is 219 g/mol. The van der Waals surface area contributed by atoms with Crippen LogP contribution in [0, 0.1) is 11.8 Å². The van der Waals surface area contributed by atoms with Crippen molar-refractivity contribution in [3.63, 3.8) is 0 Å². The molecule has 3 rings (SSSR count). The molecule has 2 heterocycles. The van der Waals surface area contributed by atoms with Crippen LogP contribution in [0.15, 0.2) is 12.5 Å². The van der Waals surface area contributed by atoms with Gasteiger partial charge in [-0.3, -0.25) is 0 Å². The molecule has 1 aliphatic carbocycles. The molecule has 2 fully saturated rings. The van der Waals surface area contributed by atoms with Crippen molar-refractivity contribution in [1.82, 2.24) is 14.9 Å². The van der Waals surface area contributed by atoms with Crippen LogP contribution < -0.4 is 5.32 Å². The van der Waals surface area contributed by atoms with E-state index in [1.54, 1.807) is 0 Å². The van der Waals surface area contributed by atoms with Crippen molar-refractivity contribution in [3.8, 4) is 0 Å². The topological polar surface area (TPSA) is 29.9 Å². The molecule has 88 valence electrons. The molecule has 16 heavy (non-hydrogen) atoms. The van der Waals surface area contributed by atoms with Gasteiger partial charge in [0.05, 0.1) is 6.33 Å². The Morgan fingerprint density at radius 1 is 1.44 bits per heavy atom. The normalized spacial score (nSPS) is 30.6. The van der Waals surface area contributed by atoms with Crippen molar-refractivity contribution >= 4 is 0 Å². The quantitative estimate of drug-likeness (QED) is 0.842. The molecule has 3 heteroatoms. The molecule has 1 aliphatic heterocycles. The number of imidazole rings is 1. The molecule has 0 bridgehead atoms. The highest BCUT2D eigenvalue weighted by Gasteiger charge is 2.27. The summed E-state index contributed by atoms with van der Waals surface area (Å²) in [7, 11) is 0. The Bertz CT molecular complexity index is 354. The van der Waals surface area contributed by atoms with Crippen LogP contribution in [0.5, 0.6) is 0 Å². The van der Waals surface area contributed by atoms with E-state index in [9.17, 15) is 0 Å². The lowest BCUT2D eigenvalue weighted by Crippen LogP contribution is -2.41. The molecular formula is C13H21N3. The van der Waals surface area contributed by atoms with E-state index in [2.05, 4.69) is 28.0 Å². The Labute approximate surface area is 97.3 Å². The lowest BCUT2D eigenvalue weighted by atomic mass is 9.96. The van der Waals surface area contributed by atoms with Gasteiger partial charge in [-0.25, -0.2) is 4.98 Å². The molecular weight excluding hydrogens is 198 g/mol. The third-order valence-electron chi connectivity index (χ3n) is 4.41. The van der Waals surface area contributed by atoms with Gasteiger partial charge in [-0.05, 0) is 18.3 Å². The summed E-state index contributed by atoms with van der Waals surface area (Å²) in [6, 6.07) is 0. The third-order valence-corrected chi connectivity index (χ3v) is 4.41. The Kier molecular flexibility index (Phi) is 2.72. The van der Waals surface area contributed by atoms with Gasteiger partial charge in [0.15, 0.2) is 0 Å².